The summed E-state index contributed by atoms with van der Waals surface area (Å²) < 4.78 is 13.8. The molecular weight excluding hydrogens is 239 g/mol. The summed E-state index contributed by atoms with van der Waals surface area (Å²) in [5, 5.41) is 7.72. The van der Waals surface area contributed by atoms with Crippen molar-refractivity contribution in [3.63, 3.8) is 0 Å². The second-order valence-electron chi connectivity index (χ2n) is 5.05. The van der Waals surface area contributed by atoms with Crippen molar-refractivity contribution in [2.45, 2.75) is 38.5 Å². The molecule has 0 saturated heterocycles. The fraction of sp³-hybridized carbons (Fsp3) is 0.462. The summed E-state index contributed by atoms with van der Waals surface area (Å²) in [5.74, 6) is 0.416. The quantitative estimate of drug-likeness (QED) is 0.845. The molecule has 0 radical (unpaired) electrons. The molecule has 17 heavy (non-hydrogen) atoms. The largest absolute Gasteiger partial charge is 0.252 e. The van der Waals surface area contributed by atoms with Gasteiger partial charge < -0.3 is 0 Å². The van der Waals surface area contributed by atoms with Gasteiger partial charge in [-0.05, 0) is 41.9 Å². The van der Waals surface area contributed by atoms with Gasteiger partial charge in [0.15, 0.2) is 0 Å². The first-order valence-corrected chi connectivity index (χ1v) is 6.33. The van der Waals surface area contributed by atoms with Crippen LogP contribution in [-0.4, -0.2) is 10.2 Å². The van der Waals surface area contributed by atoms with Gasteiger partial charge in [0.2, 0.25) is 5.95 Å². The lowest BCUT2D eigenvalue weighted by Gasteiger charge is -2.15. The van der Waals surface area contributed by atoms with Crippen LogP contribution in [0.1, 0.15) is 49.7 Å². The molecule has 1 saturated carbocycles. The van der Waals surface area contributed by atoms with E-state index in [0.29, 0.717) is 16.8 Å². The highest BCUT2D eigenvalue weighted by Gasteiger charge is 2.31. The Morgan fingerprint density at radius 3 is 2.76 bits per heavy atom. The number of nitrogens with one attached hydrogen (secondary N) is 1. The topological polar surface area (TPSA) is 28.7 Å². The maximum Gasteiger partial charge on any atom is 0.217 e. The van der Waals surface area contributed by atoms with Crippen LogP contribution in [0, 0.1) is 5.95 Å². The molecule has 2 nitrogen and oxygen atoms in total. The first kappa shape index (κ1) is 11.0. The van der Waals surface area contributed by atoms with Crippen LogP contribution in [0.2, 0.25) is 5.02 Å². The minimum Gasteiger partial charge on any atom is -0.252 e. The number of halogens is 2. The first-order chi connectivity index (χ1) is 8.09. The number of H-pyrrole nitrogens is 1. The first-order valence-electron chi connectivity index (χ1n) is 5.95. The molecule has 1 aliphatic carbocycles. The molecule has 0 bridgehead atoms. The van der Waals surface area contributed by atoms with E-state index in [0.717, 1.165) is 29.0 Å². The molecule has 0 amide bonds. The fourth-order valence-corrected chi connectivity index (χ4v) is 2.90. The van der Waals surface area contributed by atoms with E-state index in [2.05, 4.69) is 24.0 Å². The number of aromatic nitrogens is 2. The normalized spacial score (nSPS) is 16.1. The minimum atomic E-state index is -0.345. The Labute approximate surface area is 104 Å². The zero-order valence-electron chi connectivity index (χ0n) is 9.85. The summed E-state index contributed by atoms with van der Waals surface area (Å²) in [4.78, 5) is 0. The second-order valence-corrected chi connectivity index (χ2v) is 5.45. The molecule has 0 atom stereocenters. The number of nitrogens with zero attached hydrogens (tertiary/aromatic N) is 1. The van der Waals surface area contributed by atoms with Crippen molar-refractivity contribution in [1.29, 1.82) is 0 Å². The lowest BCUT2D eigenvalue weighted by Crippen LogP contribution is -1.98. The van der Waals surface area contributed by atoms with E-state index in [1.807, 2.05) is 0 Å². The van der Waals surface area contributed by atoms with Crippen molar-refractivity contribution in [3.05, 3.63) is 28.2 Å². The van der Waals surface area contributed by atoms with Crippen LogP contribution in [0.4, 0.5) is 4.39 Å². The second kappa shape index (κ2) is 3.70. The van der Waals surface area contributed by atoms with Gasteiger partial charge in [0.05, 0.1) is 10.9 Å². The van der Waals surface area contributed by atoms with E-state index in [1.165, 1.54) is 0 Å². The Kier molecular flexibility index (Phi) is 2.40. The van der Waals surface area contributed by atoms with Crippen LogP contribution in [-0.2, 0) is 0 Å². The molecule has 90 valence electrons. The van der Waals surface area contributed by atoms with Crippen molar-refractivity contribution in [2.75, 3.05) is 0 Å². The van der Waals surface area contributed by atoms with Gasteiger partial charge in [0, 0.05) is 5.02 Å². The highest BCUT2D eigenvalue weighted by Crippen LogP contribution is 2.48. The van der Waals surface area contributed by atoms with E-state index < -0.39 is 0 Å². The molecule has 0 aliphatic heterocycles. The van der Waals surface area contributed by atoms with Gasteiger partial charge in [-0.2, -0.15) is 9.49 Å². The van der Waals surface area contributed by atoms with E-state index in [4.69, 9.17) is 11.6 Å². The zero-order chi connectivity index (χ0) is 12.2. The van der Waals surface area contributed by atoms with Crippen LogP contribution in [0.15, 0.2) is 6.07 Å². The van der Waals surface area contributed by atoms with Gasteiger partial charge in [-0.25, -0.2) is 0 Å². The Balaban J connectivity index is 2.40. The number of benzene rings is 1. The maximum atomic E-state index is 13.8. The van der Waals surface area contributed by atoms with Gasteiger partial charge >= 0.3 is 0 Å². The third-order valence-electron chi connectivity index (χ3n) is 3.39. The third kappa shape index (κ3) is 1.64. The molecule has 1 aliphatic rings. The lowest BCUT2D eigenvalue weighted by molar-refractivity contribution is 0.586. The van der Waals surface area contributed by atoms with Gasteiger partial charge in [0.1, 0.15) is 0 Å². The molecule has 1 aromatic heterocycles. The van der Waals surface area contributed by atoms with Crippen LogP contribution < -0.4 is 0 Å². The predicted octanol–water partition coefficient (Wildman–Crippen LogP) is 4.36. The molecule has 0 unspecified atom stereocenters. The van der Waals surface area contributed by atoms with Crippen molar-refractivity contribution in [1.82, 2.24) is 10.2 Å². The number of hydrogen-bond acceptors (Lipinski definition) is 1. The average molecular weight is 253 g/mol. The van der Waals surface area contributed by atoms with E-state index >= 15 is 0 Å². The van der Waals surface area contributed by atoms with Crippen molar-refractivity contribution < 1.29 is 4.39 Å². The monoisotopic (exact) mass is 252 g/mol. The number of fused-ring (bicyclic) bond motifs is 1. The van der Waals surface area contributed by atoms with Crippen LogP contribution in [0.25, 0.3) is 10.9 Å². The molecule has 3 rings (SSSR count). The zero-order valence-corrected chi connectivity index (χ0v) is 10.6. The van der Waals surface area contributed by atoms with Crippen LogP contribution in [0.5, 0.6) is 0 Å². The summed E-state index contributed by atoms with van der Waals surface area (Å²) in [6.45, 7) is 4.15. The molecule has 1 aromatic carbocycles. The predicted molar refractivity (Wildman–Crippen MR) is 67.1 cm³/mol. The molecular formula is C13H14ClFN2. The molecule has 0 spiro atoms. The Morgan fingerprint density at radius 1 is 1.47 bits per heavy atom. The molecule has 1 fully saturated rings. The van der Waals surface area contributed by atoms with Crippen molar-refractivity contribution >= 4 is 22.5 Å². The summed E-state index contributed by atoms with van der Waals surface area (Å²) >= 11 is 6.32. The molecule has 2 aromatic rings. The Hall–Kier alpha value is -1.09. The van der Waals surface area contributed by atoms with E-state index in [-0.39, 0.29) is 11.9 Å². The highest BCUT2D eigenvalue weighted by atomic mass is 35.5. The molecule has 1 N–H and O–H groups in total. The Bertz CT molecular complexity index is 585. The highest BCUT2D eigenvalue weighted by molar-refractivity contribution is 6.32. The number of rotatable bonds is 2. The smallest absolute Gasteiger partial charge is 0.217 e. The summed E-state index contributed by atoms with van der Waals surface area (Å²) in [6, 6.07) is 1.77. The molecule has 4 heteroatoms. The average Bonchev–Trinajstić information content (AvgIpc) is 3.03. The SMILES string of the molecule is CC(C)c1c(C2CC2)c(Cl)cc2n[nH]c(F)c12. The summed E-state index contributed by atoms with van der Waals surface area (Å²) in [7, 11) is 0. The Morgan fingerprint density at radius 2 is 2.18 bits per heavy atom. The van der Waals surface area contributed by atoms with Gasteiger partial charge in [-0.15, -0.1) is 0 Å². The van der Waals surface area contributed by atoms with Crippen molar-refractivity contribution in [2.24, 2.45) is 0 Å². The van der Waals surface area contributed by atoms with Crippen LogP contribution >= 0.6 is 11.6 Å². The number of hydrogen-bond donors (Lipinski definition) is 1. The maximum absolute atomic E-state index is 13.8. The minimum absolute atomic E-state index is 0.249. The number of aromatic amines is 1. The van der Waals surface area contributed by atoms with Crippen molar-refractivity contribution in [3.8, 4) is 0 Å². The van der Waals surface area contributed by atoms with Gasteiger partial charge in [-0.3, -0.25) is 5.10 Å². The molecule has 1 heterocycles. The van der Waals surface area contributed by atoms with E-state index in [9.17, 15) is 4.39 Å². The van der Waals surface area contributed by atoms with Gasteiger partial charge in [-0.1, -0.05) is 25.4 Å². The summed E-state index contributed by atoms with van der Waals surface area (Å²) in [6.07, 6.45) is 2.31. The van der Waals surface area contributed by atoms with Crippen LogP contribution in [0.3, 0.4) is 0 Å². The lowest BCUT2D eigenvalue weighted by atomic mass is 9.91. The van der Waals surface area contributed by atoms with E-state index in [1.54, 1.807) is 6.07 Å². The van der Waals surface area contributed by atoms with Gasteiger partial charge in [0.25, 0.3) is 0 Å². The fourth-order valence-electron chi connectivity index (χ4n) is 2.54. The third-order valence-corrected chi connectivity index (χ3v) is 3.71. The standard InChI is InChI=1S/C13H14ClFN2/c1-6(2)10-11(7-3-4-7)8(14)5-9-12(10)13(15)17-16-9/h5-7H,3-4H2,1-2H3,(H,16,17). The summed E-state index contributed by atoms with van der Waals surface area (Å²) in [5.41, 5.74) is 2.79.